The number of likely N-dealkylation sites (tertiary alicyclic amines) is 1. The zero-order chi connectivity index (χ0) is 20.6. The van der Waals surface area contributed by atoms with Crippen molar-refractivity contribution in [3.8, 4) is 5.75 Å². The largest absolute Gasteiger partial charge is 0.492 e. The van der Waals surface area contributed by atoms with Crippen LogP contribution in [0.15, 0.2) is 41.0 Å². The van der Waals surface area contributed by atoms with Gasteiger partial charge in [0.15, 0.2) is 0 Å². The van der Waals surface area contributed by atoms with Crippen molar-refractivity contribution in [1.29, 1.82) is 0 Å². The summed E-state index contributed by atoms with van der Waals surface area (Å²) < 4.78 is 10.8. The topological polar surface area (TPSA) is 71.8 Å². The lowest BCUT2D eigenvalue weighted by atomic mass is 9.95. The summed E-state index contributed by atoms with van der Waals surface area (Å²) in [6.45, 7) is 1.97. The predicted octanol–water partition coefficient (Wildman–Crippen LogP) is 4.30. The molecule has 1 aliphatic rings. The lowest BCUT2D eigenvalue weighted by Crippen LogP contribution is -2.42. The molecule has 0 bridgehead atoms. The fraction of sp³-hybridized carbons (Fsp3) is 0.429. The van der Waals surface area contributed by atoms with Crippen LogP contribution in [0.1, 0.15) is 31.4 Å². The second kappa shape index (κ2) is 10.6. The molecule has 2 aromatic rings. The van der Waals surface area contributed by atoms with Gasteiger partial charge in [0.25, 0.3) is 0 Å². The van der Waals surface area contributed by atoms with E-state index in [0.717, 1.165) is 5.76 Å². The summed E-state index contributed by atoms with van der Waals surface area (Å²) in [6, 6.07) is 8.83. The van der Waals surface area contributed by atoms with Gasteiger partial charge >= 0.3 is 0 Å². The predicted molar refractivity (Wildman–Crippen MR) is 111 cm³/mol. The number of carbonyl (C=O) groups excluding carboxylic acids is 2. The molecule has 156 valence electrons. The van der Waals surface area contributed by atoms with Crippen molar-refractivity contribution < 1.29 is 18.7 Å². The number of rotatable bonds is 8. The Kier molecular flexibility index (Phi) is 7.83. The molecule has 8 heteroatoms. The number of carbonyl (C=O) groups is 2. The van der Waals surface area contributed by atoms with Gasteiger partial charge in [-0.3, -0.25) is 9.59 Å². The molecule has 3 rings (SSSR count). The molecule has 0 saturated carbocycles. The van der Waals surface area contributed by atoms with E-state index in [2.05, 4.69) is 5.32 Å². The van der Waals surface area contributed by atoms with Crippen LogP contribution in [0.25, 0.3) is 0 Å². The zero-order valence-corrected chi connectivity index (χ0v) is 17.5. The van der Waals surface area contributed by atoms with Crippen molar-refractivity contribution in [3.05, 3.63) is 52.4 Å². The number of furan rings is 1. The Morgan fingerprint density at radius 1 is 1.17 bits per heavy atom. The molecule has 29 heavy (non-hydrogen) atoms. The van der Waals surface area contributed by atoms with E-state index in [-0.39, 0.29) is 17.7 Å². The Morgan fingerprint density at radius 3 is 2.69 bits per heavy atom. The zero-order valence-electron chi connectivity index (χ0n) is 16.0. The lowest BCUT2D eigenvalue weighted by Gasteiger charge is -2.31. The maximum atomic E-state index is 12.4. The van der Waals surface area contributed by atoms with Crippen molar-refractivity contribution in [2.75, 3.05) is 19.7 Å². The van der Waals surface area contributed by atoms with Crippen molar-refractivity contribution in [3.63, 3.8) is 0 Å². The number of piperidine rings is 1. The first kappa shape index (κ1) is 21.5. The molecule has 2 amide bonds. The molecule has 0 unspecified atom stereocenters. The molecule has 0 atom stereocenters. The van der Waals surface area contributed by atoms with Crippen LogP contribution in [-0.2, 0) is 16.1 Å². The van der Waals surface area contributed by atoms with Crippen molar-refractivity contribution in [2.45, 2.75) is 32.2 Å². The van der Waals surface area contributed by atoms with Gasteiger partial charge in [0.05, 0.1) is 24.4 Å². The summed E-state index contributed by atoms with van der Waals surface area (Å²) in [6.07, 6.45) is 3.91. The highest BCUT2D eigenvalue weighted by molar-refractivity contribution is 6.42. The molecule has 1 N–H and O–H groups in total. The van der Waals surface area contributed by atoms with Gasteiger partial charge in [-0.2, -0.15) is 0 Å². The van der Waals surface area contributed by atoms with E-state index in [4.69, 9.17) is 32.4 Å². The molecule has 0 spiro atoms. The van der Waals surface area contributed by atoms with Crippen LogP contribution < -0.4 is 10.1 Å². The van der Waals surface area contributed by atoms with Crippen LogP contribution in [-0.4, -0.2) is 36.4 Å². The van der Waals surface area contributed by atoms with Crippen LogP contribution >= 0.6 is 23.2 Å². The van der Waals surface area contributed by atoms with Crippen LogP contribution in [0, 0.1) is 5.92 Å². The highest BCUT2D eigenvalue weighted by Crippen LogP contribution is 2.31. The Hall–Kier alpha value is -2.18. The van der Waals surface area contributed by atoms with Crippen molar-refractivity contribution in [2.24, 2.45) is 5.92 Å². The smallest absolute Gasteiger partial charge is 0.223 e. The number of halogens is 2. The van der Waals surface area contributed by atoms with Crippen molar-refractivity contribution in [1.82, 2.24) is 10.2 Å². The minimum Gasteiger partial charge on any atom is -0.492 e. The summed E-state index contributed by atoms with van der Waals surface area (Å²) in [5.41, 5.74) is 0. The summed E-state index contributed by atoms with van der Waals surface area (Å²) in [7, 11) is 0. The molecule has 1 fully saturated rings. The fourth-order valence-electron chi connectivity index (χ4n) is 3.28. The molecule has 0 aliphatic carbocycles. The average molecular weight is 439 g/mol. The third kappa shape index (κ3) is 6.15. The first-order valence-corrected chi connectivity index (χ1v) is 10.4. The lowest BCUT2D eigenvalue weighted by molar-refractivity contribution is -0.135. The summed E-state index contributed by atoms with van der Waals surface area (Å²) in [4.78, 5) is 26.5. The standard InChI is InChI=1S/C21H24Cl2N2O4/c22-17-5-1-6-18(20(17)23)29-13-3-7-19(26)25-10-8-15(9-11-25)21(27)24-14-16-4-2-12-28-16/h1-2,4-6,12,15H,3,7-11,13-14H2,(H,24,27). The summed E-state index contributed by atoms with van der Waals surface area (Å²) in [5, 5.41) is 3.72. The average Bonchev–Trinajstić information content (AvgIpc) is 3.26. The number of nitrogens with one attached hydrogen (secondary N) is 1. The minimum absolute atomic E-state index is 0.0142. The van der Waals surface area contributed by atoms with Gasteiger partial charge in [-0.25, -0.2) is 0 Å². The molecule has 1 saturated heterocycles. The van der Waals surface area contributed by atoms with Crippen LogP contribution in [0.4, 0.5) is 0 Å². The van der Waals surface area contributed by atoms with E-state index in [1.807, 2.05) is 11.0 Å². The fourth-order valence-corrected chi connectivity index (χ4v) is 3.63. The van der Waals surface area contributed by atoms with Gasteiger partial charge in [0, 0.05) is 25.4 Å². The molecule has 1 aliphatic heterocycles. The van der Waals surface area contributed by atoms with Gasteiger partial charge in [-0.1, -0.05) is 29.3 Å². The van der Waals surface area contributed by atoms with Gasteiger partial charge in [-0.15, -0.1) is 0 Å². The van der Waals surface area contributed by atoms with E-state index in [0.29, 0.717) is 67.7 Å². The highest BCUT2D eigenvalue weighted by atomic mass is 35.5. The molecule has 6 nitrogen and oxygen atoms in total. The highest BCUT2D eigenvalue weighted by Gasteiger charge is 2.27. The first-order valence-electron chi connectivity index (χ1n) is 9.69. The van der Waals surface area contributed by atoms with Crippen molar-refractivity contribution >= 4 is 35.0 Å². The molecule has 2 heterocycles. The number of nitrogens with zero attached hydrogens (tertiary/aromatic N) is 1. The first-order chi connectivity index (χ1) is 14.0. The van der Waals surface area contributed by atoms with E-state index in [1.165, 1.54) is 0 Å². The Bertz CT molecular complexity index is 818. The molecule has 1 aromatic carbocycles. The second-order valence-electron chi connectivity index (χ2n) is 6.96. The third-order valence-corrected chi connectivity index (χ3v) is 5.75. The van der Waals surface area contributed by atoms with Gasteiger partial charge in [0.1, 0.15) is 16.5 Å². The Morgan fingerprint density at radius 2 is 1.97 bits per heavy atom. The second-order valence-corrected chi connectivity index (χ2v) is 7.74. The number of hydrogen-bond donors (Lipinski definition) is 1. The number of hydrogen-bond acceptors (Lipinski definition) is 4. The van der Waals surface area contributed by atoms with E-state index in [1.54, 1.807) is 30.5 Å². The molecule has 0 radical (unpaired) electrons. The maximum Gasteiger partial charge on any atom is 0.223 e. The third-order valence-electron chi connectivity index (χ3n) is 4.94. The SMILES string of the molecule is O=C(NCc1ccco1)C1CCN(C(=O)CCCOc2cccc(Cl)c2Cl)CC1. The van der Waals surface area contributed by atoms with E-state index in [9.17, 15) is 9.59 Å². The monoisotopic (exact) mass is 438 g/mol. The maximum absolute atomic E-state index is 12.4. The van der Waals surface area contributed by atoms with Crippen LogP contribution in [0.2, 0.25) is 10.0 Å². The quantitative estimate of drug-likeness (QED) is 0.623. The number of benzene rings is 1. The molecule has 1 aromatic heterocycles. The Labute approximate surface area is 180 Å². The minimum atomic E-state index is -0.0673. The number of ether oxygens (including phenoxy) is 1. The van der Waals surface area contributed by atoms with Gasteiger partial charge in [-0.05, 0) is 43.5 Å². The molecular formula is C21H24Cl2N2O4. The van der Waals surface area contributed by atoms with E-state index < -0.39 is 0 Å². The number of amides is 2. The summed E-state index contributed by atoms with van der Waals surface area (Å²) >= 11 is 12.0. The van der Waals surface area contributed by atoms with E-state index >= 15 is 0 Å². The van der Waals surface area contributed by atoms with Crippen LogP contribution in [0.5, 0.6) is 5.75 Å². The van der Waals surface area contributed by atoms with Crippen LogP contribution in [0.3, 0.4) is 0 Å². The normalized spacial score (nSPS) is 14.6. The summed E-state index contributed by atoms with van der Waals surface area (Å²) in [5.74, 6) is 1.28. The van der Waals surface area contributed by atoms with Gasteiger partial charge in [0.2, 0.25) is 11.8 Å². The van der Waals surface area contributed by atoms with Gasteiger partial charge < -0.3 is 19.4 Å². The molecular weight excluding hydrogens is 415 g/mol. The Balaban J connectivity index is 1.33.